The summed E-state index contributed by atoms with van der Waals surface area (Å²) >= 11 is 0. The molecule has 0 unspecified atom stereocenters. The molecule has 0 fully saturated rings. The van der Waals surface area contributed by atoms with Crippen molar-refractivity contribution in [1.29, 1.82) is 0 Å². The molecule has 32 heavy (non-hydrogen) atoms. The van der Waals surface area contributed by atoms with Crippen LogP contribution in [0.1, 0.15) is 61.4 Å². The van der Waals surface area contributed by atoms with E-state index < -0.39 is 0 Å². The summed E-state index contributed by atoms with van der Waals surface area (Å²) in [6.45, 7) is 17.0. The molecular weight excluding hydrogens is 395 g/mol. The maximum absolute atomic E-state index is 13.8. The lowest BCUT2D eigenvalue weighted by Gasteiger charge is -2.28. The van der Waals surface area contributed by atoms with Crippen LogP contribution in [0, 0.1) is 19.7 Å². The number of anilines is 2. The van der Waals surface area contributed by atoms with E-state index in [2.05, 4.69) is 87.7 Å². The van der Waals surface area contributed by atoms with Crippen molar-refractivity contribution in [3.8, 4) is 0 Å². The Labute approximate surface area is 193 Å². The molecule has 0 radical (unpaired) electrons. The van der Waals surface area contributed by atoms with E-state index in [1.807, 2.05) is 12.1 Å². The van der Waals surface area contributed by atoms with Gasteiger partial charge in [0.05, 0.1) is 0 Å². The topological polar surface area (TPSA) is 6.48 Å². The number of aryl methyl sites for hydroxylation is 2. The van der Waals surface area contributed by atoms with Crippen LogP contribution in [0.25, 0.3) is 0 Å². The number of nitrogens with zero attached hydrogens (tertiary/aromatic N) is 2. The zero-order valence-corrected chi connectivity index (χ0v) is 20.5. The fourth-order valence-corrected chi connectivity index (χ4v) is 4.63. The summed E-state index contributed by atoms with van der Waals surface area (Å²) in [7, 11) is 0. The molecule has 0 atom stereocenters. The van der Waals surface area contributed by atoms with Crippen LogP contribution in [0.5, 0.6) is 0 Å². The normalized spacial score (nSPS) is 11.1. The molecule has 2 nitrogen and oxygen atoms in total. The van der Waals surface area contributed by atoms with Crippen molar-refractivity contribution in [2.45, 2.75) is 47.5 Å². The van der Waals surface area contributed by atoms with Crippen molar-refractivity contribution in [2.24, 2.45) is 0 Å². The van der Waals surface area contributed by atoms with E-state index in [4.69, 9.17) is 0 Å². The molecule has 0 aliphatic heterocycles. The lowest BCUT2D eigenvalue weighted by atomic mass is 9.81. The summed E-state index contributed by atoms with van der Waals surface area (Å²) in [5.74, 6) is -0.156. The van der Waals surface area contributed by atoms with E-state index in [1.54, 1.807) is 12.1 Å². The lowest BCUT2D eigenvalue weighted by molar-refractivity contribution is 0.626. The summed E-state index contributed by atoms with van der Waals surface area (Å²) < 4.78 is 13.8. The first kappa shape index (κ1) is 23.8. The van der Waals surface area contributed by atoms with E-state index >= 15 is 0 Å². The van der Waals surface area contributed by atoms with Crippen molar-refractivity contribution in [3.63, 3.8) is 0 Å². The van der Waals surface area contributed by atoms with Gasteiger partial charge >= 0.3 is 0 Å². The summed E-state index contributed by atoms with van der Waals surface area (Å²) in [6.07, 6.45) is 0. The molecule has 0 amide bonds. The molecule has 3 heteroatoms. The number of hydrogen-bond donors (Lipinski definition) is 0. The Hall–Kier alpha value is -2.81. The highest BCUT2D eigenvalue weighted by atomic mass is 19.1. The highest BCUT2D eigenvalue weighted by Crippen LogP contribution is 2.39. The maximum Gasteiger partial charge on any atom is 0.123 e. The molecule has 0 aromatic heterocycles. The second-order valence-corrected chi connectivity index (χ2v) is 8.41. The average Bonchev–Trinajstić information content (AvgIpc) is 2.80. The van der Waals surface area contributed by atoms with Crippen LogP contribution in [0.15, 0.2) is 60.7 Å². The summed E-state index contributed by atoms with van der Waals surface area (Å²) in [5.41, 5.74) is 8.65. The van der Waals surface area contributed by atoms with Gasteiger partial charge in [-0.05, 0) is 106 Å². The van der Waals surface area contributed by atoms with Gasteiger partial charge in [-0.3, -0.25) is 0 Å². The number of halogens is 1. The third kappa shape index (κ3) is 4.98. The Morgan fingerprint density at radius 1 is 0.625 bits per heavy atom. The fraction of sp³-hybridized carbons (Fsp3) is 0.379. The Morgan fingerprint density at radius 3 is 1.41 bits per heavy atom. The predicted octanol–water partition coefficient (Wildman–Crippen LogP) is 7.32. The van der Waals surface area contributed by atoms with E-state index in [9.17, 15) is 4.39 Å². The molecule has 0 N–H and O–H groups in total. The molecule has 0 saturated heterocycles. The highest BCUT2D eigenvalue weighted by molar-refractivity contribution is 5.60. The third-order valence-electron chi connectivity index (χ3n) is 6.61. The predicted molar refractivity (Wildman–Crippen MR) is 137 cm³/mol. The SMILES string of the molecule is CCN(CC)c1ccc(C)c(C(c2ccc(F)cc2)c2cc(N(CC)CC)ccc2C)c1. The molecule has 0 saturated carbocycles. The van der Waals surface area contributed by atoms with Gasteiger partial charge in [-0.1, -0.05) is 24.3 Å². The quantitative estimate of drug-likeness (QED) is 0.327. The summed E-state index contributed by atoms with van der Waals surface area (Å²) in [4.78, 5) is 4.76. The van der Waals surface area contributed by atoms with Gasteiger partial charge in [0, 0.05) is 43.5 Å². The molecular formula is C29H37FN2. The van der Waals surface area contributed by atoms with Crippen LogP contribution in [0.4, 0.5) is 15.8 Å². The van der Waals surface area contributed by atoms with Gasteiger partial charge in [0.25, 0.3) is 0 Å². The van der Waals surface area contributed by atoms with Crippen LogP contribution in [0.2, 0.25) is 0 Å². The molecule has 170 valence electrons. The molecule has 0 bridgehead atoms. The minimum atomic E-state index is -0.199. The minimum Gasteiger partial charge on any atom is -0.372 e. The number of benzene rings is 3. The van der Waals surface area contributed by atoms with Crippen molar-refractivity contribution >= 4 is 11.4 Å². The van der Waals surface area contributed by atoms with Crippen LogP contribution < -0.4 is 9.80 Å². The Morgan fingerprint density at radius 2 is 1.03 bits per heavy atom. The largest absolute Gasteiger partial charge is 0.372 e. The van der Waals surface area contributed by atoms with Gasteiger partial charge in [-0.2, -0.15) is 0 Å². The Kier molecular flexibility index (Phi) is 7.95. The molecule has 0 aliphatic carbocycles. The lowest BCUT2D eigenvalue weighted by Crippen LogP contribution is -2.23. The highest BCUT2D eigenvalue weighted by Gasteiger charge is 2.22. The summed E-state index contributed by atoms with van der Waals surface area (Å²) in [6, 6.07) is 20.6. The van der Waals surface area contributed by atoms with Crippen LogP contribution in [-0.2, 0) is 0 Å². The first-order chi connectivity index (χ1) is 15.4. The molecule has 0 spiro atoms. The average molecular weight is 433 g/mol. The van der Waals surface area contributed by atoms with Gasteiger partial charge < -0.3 is 9.80 Å². The summed E-state index contributed by atoms with van der Waals surface area (Å²) in [5, 5.41) is 0. The smallest absolute Gasteiger partial charge is 0.123 e. The van der Waals surface area contributed by atoms with E-state index in [-0.39, 0.29) is 11.7 Å². The van der Waals surface area contributed by atoms with Gasteiger partial charge in [-0.25, -0.2) is 4.39 Å². The maximum atomic E-state index is 13.8. The zero-order chi connectivity index (χ0) is 23.3. The van der Waals surface area contributed by atoms with Crippen molar-refractivity contribution < 1.29 is 4.39 Å². The molecule has 0 heterocycles. The van der Waals surface area contributed by atoms with Gasteiger partial charge in [0.15, 0.2) is 0 Å². The van der Waals surface area contributed by atoms with Gasteiger partial charge in [-0.15, -0.1) is 0 Å². The number of hydrogen-bond acceptors (Lipinski definition) is 2. The second kappa shape index (κ2) is 10.7. The Bertz CT molecular complexity index is 956. The van der Waals surface area contributed by atoms with Gasteiger partial charge in [0.1, 0.15) is 5.82 Å². The molecule has 3 aromatic carbocycles. The van der Waals surface area contributed by atoms with Crippen molar-refractivity contribution in [1.82, 2.24) is 0 Å². The number of rotatable bonds is 9. The van der Waals surface area contributed by atoms with Gasteiger partial charge in [0.2, 0.25) is 0 Å². The second-order valence-electron chi connectivity index (χ2n) is 8.41. The fourth-order valence-electron chi connectivity index (χ4n) is 4.63. The standard InChI is InChI=1S/C29H37FN2/c1-7-31(8-2)25-17-11-21(5)27(19-25)29(23-13-15-24(30)16-14-23)28-20-26(18-12-22(28)6)32(9-3)10-4/h11-20,29H,7-10H2,1-6H3. The van der Waals surface area contributed by atoms with Crippen LogP contribution in [0.3, 0.4) is 0 Å². The minimum absolute atomic E-state index is 0.0432. The van der Waals surface area contributed by atoms with Crippen LogP contribution >= 0.6 is 0 Å². The third-order valence-corrected chi connectivity index (χ3v) is 6.61. The molecule has 3 aromatic rings. The van der Waals surface area contributed by atoms with E-state index in [0.29, 0.717) is 0 Å². The van der Waals surface area contributed by atoms with Crippen molar-refractivity contribution in [3.05, 3.63) is 94.3 Å². The monoisotopic (exact) mass is 432 g/mol. The Balaban J connectivity index is 2.25. The zero-order valence-electron chi connectivity index (χ0n) is 20.5. The van der Waals surface area contributed by atoms with E-state index in [1.165, 1.54) is 33.6 Å². The van der Waals surface area contributed by atoms with Crippen molar-refractivity contribution in [2.75, 3.05) is 36.0 Å². The van der Waals surface area contributed by atoms with Crippen LogP contribution in [-0.4, -0.2) is 26.2 Å². The molecule has 3 rings (SSSR count). The molecule has 0 aliphatic rings. The van der Waals surface area contributed by atoms with E-state index in [0.717, 1.165) is 31.7 Å². The first-order valence-electron chi connectivity index (χ1n) is 11.9. The first-order valence-corrected chi connectivity index (χ1v) is 11.9.